The second kappa shape index (κ2) is 12.0. The molecule has 8 nitrogen and oxygen atoms in total. The summed E-state index contributed by atoms with van der Waals surface area (Å²) in [5.74, 6) is -0.0210. The van der Waals surface area contributed by atoms with E-state index in [0.29, 0.717) is 23.5 Å². The summed E-state index contributed by atoms with van der Waals surface area (Å²) in [5, 5.41) is 15.7. The van der Waals surface area contributed by atoms with Crippen molar-refractivity contribution < 1.29 is 19.0 Å². The van der Waals surface area contributed by atoms with E-state index in [1.54, 1.807) is 24.4 Å². The van der Waals surface area contributed by atoms with E-state index >= 15 is 4.39 Å². The number of hydrogen-bond acceptors (Lipinski definition) is 7. The van der Waals surface area contributed by atoms with Crippen LogP contribution in [-0.2, 0) is 4.79 Å². The van der Waals surface area contributed by atoms with Crippen LogP contribution in [0.1, 0.15) is 12.8 Å². The molecule has 0 spiro atoms. The number of nitrogens with zero attached hydrogens (tertiary/aromatic N) is 3. The van der Waals surface area contributed by atoms with E-state index in [1.165, 1.54) is 12.1 Å². The van der Waals surface area contributed by atoms with Gasteiger partial charge in [0.2, 0.25) is 11.9 Å². The number of amides is 1. The third kappa shape index (κ3) is 6.39. The highest BCUT2D eigenvalue weighted by Crippen LogP contribution is 2.31. The fourth-order valence-electron chi connectivity index (χ4n) is 4.68. The number of hydrogen-bond donors (Lipinski definition) is 3. The molecular formula is C30H30FN5O3. The summed E-state index contributed by atoms with van der Waals surface area (Å²) < 4.78 is 21.0. The van der Waals surface area contributed by atoms with Gasteiger partial charge < -0.3 is 25.4 Å². The maximum absolute atomic E-state index is 15.0. The molecule has 3 aromatic carbocycles. The molecule has 3 N–H and O–H groups in total. The molecule has 1 saturated heterocycles. The average Bonchev–Trinajstić information content (AvgIpc) is 2.95. The highest BCUT2D eigenvalue weighted by atomic mass is 19.1. The number of ether oxygens (including phenoxy) is 1. The first kappa shape index (κ1) is 26.3. The van der Waals surface area contributed by atoms with Crippen molar-refractivity contribution in [1.29, 1.82) is 0 Å². The number of carbonyl (C=O) groups is 1. The van der Waals surface area contributed by atoms with Crippen molar-refractivity contribution in [3.8, 4) is 16.9 Å². The van der Waals surface area contributed by atoms with E-state index in [4.69, 9.17) is 9.84 Å². The molecule has 0 atom stereocenters. The zero-order valence-electron chi connectivity index (χ0n) is 21.4. The van der Waals surface area contributed by atoms with Crippen LogP contribution in [0.2, 0.25) is 0 Å². The zero-order chi connectivity index (χ0) is 27.2. The Hall–Kier alpha value is -4.34. The summed E-state index contributed by atoms with van der Waals surface area (Å²) in [4.78, 5) is 23.0. The van der Waals surface area contributed by atoms with Crippen LogP contribution in [0.4, 0.5) is 21.7 Å². The van der Waals surface area contributed by atoms with Gasteiger partial charge in [0.05, 0.1) is 17.8 Å². The van der Waals surface area contributed by atoms with E-state index in [2.05, 4.69) is 32.1 Å². The Morgan fingerprint density at radius 3 is 2.74 bits per heavy atom. The maximum Gasteiger partial charge on any atom is 0.247 e. The van der Waals surface area contributed by atoms with Crippen LogP contribution in [0.15, 0.2) is 79.5 Å². The number of likely N-dealkylation sites (tertiary alicyclic amines) is 1. The van der Waals surface area contributed by atoms with Crippen molar-refractivity contribution >= 4 is 34.1 Å². The molecule has 1 aliphatic heterocycles. The van der Waals surface area contributed by atoms with Gasteiger partial charge in [-0.25, -0.2) is 14.4 Å². The number of benzene rings is 3. The number of nitrogens with one attached hydrogen (secondary N) is 2. The minimum atomic E-state index is -0.465. The summed E-state index contributed by atoms with van der Waals surface area (Å²) in [6, 6.07) is 17.9. The van der Waals surface area contributed by atoms with Crippen LogP contribution in [0.25, 0.3) is 22.0 Å². The van der Waals surface area contributed by atoms with E-state index < -0.39 is 5.82 Å². The van der Waals surface area contributed by atoms with Crippen molar-refractivity contribution in [1.82, 2.24) is 14.9 Å². The van der Waals surface area contributed by atoms with Gasteiger partial charge >= 0.3 is 0 Å². The lowest BCUT2D eigenvalue weighted by Crippen LogP contribution is -2.39. The lowest BCUT2D eigenvalue weighted by molar-refractivity contribution is -0.111. The minimum absolute atomic E-state index is 0.0176. The molecule has 0 radical (unpaired) electrons. The first-order valence-corrected chi connectivity index (χ1v) is 12.9. The standard InChI is InChI=1S/C30H30FN5O3/c1-2-28(38)33-22-7-3-5-20(17-22)25-8-4-6-21-19-32-30(35-29(21)25)34-27-10-9-24(18-26(27)31)39-23-11-13-36(14-12-23)15-16-37/h2-10,17-19,23,37H,1,11-16H2,(H,33,38)(H,32,34,35). The predicted molar refractivity (Wildman–Crippen MR) is 151 cm³/mol. The average molecular weight is 528 g/mol. The smallest absolute Gasteiger partial charge is 0.247 e. The molecule has 1 aromatic heterocycles. The van der Waals surface area contributed by atoms with Crippen molar-refractivity contribution in [3.63, 3.8) is 0 Å². The SMILES string of the molecule is C=CC(=O)Nc1cccc(-c2cccc3cnc(Nc4ccc(OC5CCN(CCO)CC5)cc4F)nc23)c1. The highest BCUT2D eigenvalue weighted by molar-refractivity contribution is 6.00. The quantitative estimate of drug-likeness (QED) is 0.259. The molecule has 1 aliphatic rings. The summed E-state index contributed by atoms with van der Waals surface area (Å²) in [6.45, 7) is 6.00. The molecule has 1 fully saturated rings. The Kier molecular flexibility index (Phi) is 8.10. The number of aliphatic hydroxyl groups is 1. The minimum Gasteiger partial charge on any atom is -0.490 e. The number of aliphatic hydroxyl groups excluding tert-OH is 1. The van der Waals surface area contributed by atoms with Gasteiger partial charge in [0.25, 0.3) is 0 Å². The molecule has 39 heavy (non-hydrogen) atoms. The second-order valence-electron chi connectivity index (χ2n) is 9.36. The monoisotopic (exact) mass is 527 g/mol. The Bertz CT molecular complexity index is 1490. The largest absolute Gasteiger partial charge is 0.490 e. The summed E-state index contributed by atoms with van der Waals surface area (Å²) in [5.41, 5.74) is 3.28. The summed E-state index contributed by atoms with van der Waals surface area (Å²) in [7, 11) is 0. The first-order chi connectivity index (χ1) is 19.0. The van der Waals surface area contributed by atoms with Crippen molar-refractivity contribution in [2.45, 2.75) is 18.9 Å². The molecule has 2 heterocycles. The lowest BCUT2D eigenvalue weighted by Gasteiger charge is -2.31. The van der Waals surface area contributed by atoms with E-state index in [9.17, 15) is 4.79 Å². The fraction of sp³-hybridized carbons (Fsp3) is 0.233. The predicted octanol–water partition coefficient (Wildman–Crippen LogP) is 5.14. The molecule has 200 valence electrons. The topological polar surface area (TPSA) is 99.6 Å². The van der Waals surface area contributed by atoms with Gasteiger partial charge in [-0.3, -0.25) is 4.79 Å². The number of para-hydroxylation sites is 1. The van der Waals surface area contributed by atoms with Crippen LogP contribution in [0, 0.1) is 5.82 Å². The van der Waals surface area contributed by atoms with Crippen molar-refractivity contribution in [3.05, 3.63) is 85.3 Å². The maximum atomic E-state index is 15.0. The number of aromatic nitrogens is 2. The number of rotatable bonds is 9. The van der Waals surface area contributed by atoms with Gasteiger partial charge in [-0.15, -0.1) is 0 Å². The van der Waals surface area contributed by atoms with Gasteiger partial charge in [-0.1, -0.05) is 36.9 Å². The van der Waals surface area contributed by atoms with Crippen LogP contribution >= 0.6 is 0 Å². The van der Waals surface area contributed by atoms with E-state index in [-0.39, 0.29) is 30.3 Å². The van der Waals surface area contributed by atoms with Crippen molar-refractivity contribution in [2.75, 3.05) is 36.9 Å². The first-order valence-electron chi connectivity index (χ1n) is 12.9. The van der Waals surface area contributed by atoms with E-state index in [0.717, 1.165) is 42.4 Å². The van der Waals surface area contributed by atoms with Crippen LogP contribution < -0.4 is 15.4 Å². The van der Waals surface area contributed by atoms with Gasteiger partial charge in [-0.05, 0) is 48.7 Å². The highest BCUT2D eigenvalue weighted by Gasteiger charge is 2.20. The second-order valence-corrected chi connectivity index (χ2v) is 9.36. The van der Waals surface area contributed by atoms with E-state index in [1.807, 2.05) is 36.4 Å². The Morgan fingerprint density at radius 2 is 1.97 bits per heavy atom. The number of anilines is 3. The Labute approximate surface area is 226 Å². The van der Waals surface area contributed by atoms with Gasteiger partial charge in [0.15, 0.2) is 0 Å². The molecule has 0 bridgehead atoms. The Morgan fingerprint density at radius 1 is 1.15 bits per heavy atom. The van der Waals surface area contributed by atoms with Crippen LogP contribution in [0.3, 0.4) is 0 Å². The van der Waals surface area contributed by atoms with Crippen molar-refractivity contribution in [2.24, 2.45) is 0 Å². The molecule has 5 rings (SSSR count). The molecule has 0 saturated carbocycles. The normalized spacial score (nSPS) is 14.2. The van der Waals surface area contributed by atoms with Gasteiger partial charge in [-0.2, -0.15) is 0 Å². The molecule has 0 aliphatic carbocycles. The van der Waals surface area contributed by atoms with Gasteiger partial charge in [0.1, 0.15) is 17.7 Å². The Balaban J connectivity index is 1.33. The van der Waals surface area contributed by atoms with Crippen LogP contribution in [-0.4, -0.2) is 58.2 Å². The number of fused-ring (bicyclic) bond motifs is 1. The molecule has 9 heteroatoms. The molecular weight excluding hydrogens is 497 g/mol. The number of piperidine rings is 1. The zero-order valence-corrected chi connectivity index (χ0v) is 21.4. The molecule has 0 unspecified atom stereocenters. The number of carbonyl (C=O) groups excluding carboxylic acids is 1. The van der Waals surface area contributed by atoms with Crippen LogP contribution in [0.5, 0.6) is 5.75 Å². The summed E-state index contributed by atoms with van der Waals surface area (Å²) >= 11 is 0. The summed E-state index contributed by atoms with van der Waals surface area (Å²) in [6.07, 6.45) is 4.59. The number of halogens is 1. The molecule has 1 amide bonds. The molecule has 4 aromatic rings. The third-order valence-electron chi connectivity index (χ3n) is 6.68. The third-order valence-corrected chi connectivity index (χ3v) is 6.68. The van der Waals surface area contributed by atoms with Gasteiger partial charge in [0, 0.05) is 48.5 Å². The number of β-amino-alcohol motifs (C(OH)–C–C–N with tert-alkyl or cyclic N) is 1. The lowest BCUT2D eigenvalue weighted by atomic mass is 10.0. The fourth-order valence-corrected chi connectivity index (χ4v) is 4.68.